The quantitative estimate of drug-likeness (QED) is 0.759. The zero-order chi connectivity index (χ0) is 16.4. The Hall–Kier alpha value is -2.95. The molecule has 120 valence electrons. The lowest BCUT2D eigenvalue weighted by Gasteiger charge is -2.23. The number of hydrogen-bond donors (Lipinski definition) is 2. The van der Waals surface area contributed by atoms with E-state index < -0.39 is 0 Å². The van der Waals surface area contributed by atoms with E-state index in [1.807, 2.05) is 42.5 Å². The van der Waals surface area contributed by atoms with Crippen molar-refractivity contribution in [2.24, 2.45) is 5.92 Å². The van der Waals surface area contributed by atoms with Gasteiger partial charge < -0.3 is 10.6 Å². The third kappa shape index (κ3) is 2.93. The molecular formula is C19H18N4O. The molecule has 1 saturated carbocycles. The van der Waals surface area contributed by atoms with Gasteiger partial charge in [-0.25, -0.2) is 4.98 Å². The number of anilines is 3. The Bertz CT molecular complexity index is 867. The maximum absolute atomic E-state index is 12.0. The molecule has 0 saturated heterocycles. The van der Waals surface area contributed by atoms with Crippen molar-refractivity contribution in [3.63, 3.8) is 0 Å². The first-order valence-corrected chi connectivity index (χ1v) is 8.17. The molecule has 0 aliphatic heterocycles. The van der Waals surface area contributed by atoms with E-state index in [0.717, 1.165) is 47.4 Å². The molecule has 2 aromatic heterocycles. The third-order valence-electron chi connectivity index (χ3n) is 4.40. The van der Waals surface area contributed by atoms with E-state index in [1.54, 1.807) is 12.4 Å². The van der Waals surface area contributed by atoms with Gasteiger partial charge in [0.15, 0.2) is 0 Å². The van der Waals surface area contributed by atoms with Crippen molar-refractivity contribution >= 4 is 34.0 Å². The lowest BCUT2D eigenvalue weighted by molar-refractivity contribution is -0.122. The largest absolute Gasteiger partial charge is 0.338 e. The number of aromatic nitrogens is 2. The fraction of sp³-hybridized carbons (Fsp3) is 0.211. The molecule has 2 heterocycles. The van der Waals surface area contributed by atoms with E-state index in [2.05, 4.69) is 20.6 Å². The van der Waals surface area contributed by atoms with E-state index in [9.17, 15) is 4.79 Å². The number of amides is 1. The SMILES string of the molecule is O=C(Nc1ccc(Nc2cccc3cccnc23)nc1)C1CCC1. The van der Waals surface area contributed by atoms with E-state index in [1.165, 1.54) is 0 Å². The zero-order valence-electron chi connectivity index (χ0n) is 13.2. The highest BCUT2D eigenvalue weighted by Gasteiger charge is 2.25. The van der Waals surface area contributed by atoms with E-state index in [-0.39, 0.29) is 11.8 Å². The van der Waals surface area contributed by atoms with Gasteiger partial charge >= 0.3 is 0 Å². The maximum Gasteiger partial charge on any atom is 0.227 e. The number of carbonyl (C=O) groups excluding carboxylic acids is 1. The van der Waals surface area contributed by atoms with Crippen LogP contribution in [0.4, 0.5) is 17.2 Å². The minimum Gasteiger partial charge on any atom is -0.338 e. The first-order chi connectivity index (χ1) is 11.8. The van der Waals surface area contributed by atoms with Crippen LogP contribution in [-0.4, -0.2) is 15.9 Å². The first-order valence-electron chi connectivity index (χ1n) is 8.17. The Kier molecular flexibility index (Phi) is 3.83. The van der Waals surface area contributed by atoms with Crippen LogP contribution in [0.5, 0.6) is 0 Å². The predicted octanol–water partition coefficient (Wildman–Crippen LogP) is 4.11. The van der Waals surface area contributed by atoms with Crippen LogP contribution in [0.1, 0.15) is 19.3 Å². The molecule has 1 amide bonds. The number of pyridine rings is 2. The summed E-state index contributed by atoms with van der Waals surface area (Å²) in [5.41, 5.74) is 2.55. The minimum absolute atomic E-state index is 0.0991. The van der Waals surface area contributed by atoms with Crippen LogP contribution in [0, 0.1) is 5.92 Å². The van der Waals surface area contributed by atoms with Gasteiger partial charge in [-0.2, -0.15) is 0 Å². The molecule has 1 aliphatic rings. The van der Waals surface area contributed by atoms with Crippen molar-refractivity contribution in [3.05, 3.63) is 54.9 Å². The Morgan fingerprint density at radius 3 is 2.67 bits per heavy atom. The van der Waals surface area contributed by atoms with Crippen molar-refractivity contribution in [1.29, 1.82) is 0 Å². The van der Waals surface area contributed by atoms with Gasteiger partial charge in [0.2, 0.25) is 5.91 Å². The second-order valence-corrected chi connectivity index (χ2v) is 6.05. The number of rotatable bonds is 4. The summed E-state index contributed by atoms with van der Waals surface area (Å²) in [6.07, 6.45) is 6.59. The summed E-state index contributed by atoms with van der Waals surface area (Å²) >= 11 is 0. The highest BCUT2D eigenvalue weighted by atomic mass is 16.1. The molecular weight excluding hydrogens is 300 g/mol. The molecule has 5 heteroatoms. The molecule has 2 N–H and O–H groups in total. The average molecular weight is 318 g/mol. The number of para-hydroxylation sites is 1. The molecule has 0 spiro atoms. The van der Waals surface area contributed by atoms with Gasteiger partial charge in [0.05, 0.1) is 23.1 Å². The molecule has 1 aliphatic carbocycles. The molecule has 4 rings (SSSR count). The van der Waals surface area contributed by atoms with Crippen molar-refractivity contribution < 1.29 is 4.79 Å². The van der Waals surface area contributed by atoms with Gasteiger partial charge in [0.25, 0.3) is 0 Å². The molecule has 0 radical (unpaired) electrons. The Morgan fingerprint density at radius 2 is 1.92 bits per heavy atom. The lowest BCUT2D eigenvalue weighted by atomic mass is 9.85. The number of carbonyl (C=O) groups is 1. The first kappa shape index (κ1) is 14.6. The summed E-state index contributed by atoms with van der Waals surface area (Å²) in [7, 11) is 0. The van der Waals surface area contributed by atoms with Crippen molar-refractivity contribution in [1.82, 2.24) is 9.97 Å². The van der Waals surface area contributed by atoms with Crippen LogP contribution in [0.3, 0.4) is 0 Å². The number of fused-ring (bicyclic) bond motifs is 1. The Balaban J connectivity index is 1.49. The van der Waals surface area contributed by atoms with Crippen molar-refractivity contribution in [2.75, 3.05) is 10.6 Å². The molecule has 0 bridgehead atoms. The monoisotopic (exact) mass is 318 g/mol. The van der Waals surface area contributed by atoms with E-state index >= 15 is 0 Å². The molecule has 1 fully saturated rings. The fourth-order valence-electron chi connectivity index (χ4n) is 2.80. The van der Waals surface area contributed by atoms with Gasteiger partial charge in [-0.05, 0) is 37.1 Å². The second-order valence-electron chi connectivity index (χ2n) is 6.05. The smallest absolute Gasteiger partial charge is 0.227 e. The Morgan fingerprint density at radius 1 is 1.04 bits per heavy atom. The highest BCUT2D eigenvalue weighted by Crippen LogP contribution is 2.28. The number of benzene rings is 1. The van der Waals surface area contributed by atoms with Crippen LogP contribution in [-0.2, 0) is 4.79 Å². The van der Waals surface area contributed by atoms with Gasteiger partial charge in [0.1, 0.15) is 5.82 Å². The molecule has 3 aromatic rings. The van der Waals surface area contributed by atoms with Crippen LogP contribution in [0.25, 0.3) is 10.9 Å². The van der Waals surface area contributed by atoms with Gasteiger partial charge in [-0.1, -0.05) is 24.6 Å². The highest BCUT2D eigenvalue weighted by molar-refractivity contribution is 5.93. The standard InChI is InChI=1S/C19H18N4O/c24-19(14-5-1-6-14)22-15-9-10-17(21-12-15)23-16-8-2-4-13-7-3-11-20-18(13)16/h2-4,7-12,14H,1,5-6H2,(H,21,23)(H,22,24). The summed E-state index contributed by atoms with van der Waals surface area (Å²) < 4.78 is 0. The van der Waals surface area contributed by atoms with Crippen LogP contribution < -0.4 is 10.6 Å². The number of hydrogen-bond acceptors (Lipinski definition) is 4. The van der Waals surface area contributed by atoms with Crippen LogP contribution in [0.15, 0.2) is 54.9 Å². The summed E-state index contributed by atoms with van der Waals surface area (Å²) in [5, 5.41) is 7.29. The molecule has 1 aromatic carbocycles. The van der Waals surface area contributed by atoms with Gasteiger partial charge in [0, 0.05) is 17.5 Å². The third-order valence-corrected chi connectivity index (χ3v) is 4.40. The lowest BCUT2D eigenvalue weighted by Crippen LogP contribution is -2.28. The fourth-order valence-corrected chi connectivity index (χ4v) is 2.80. The second kappa shape index (κ2) is 6.28. The molecule has 5 nitrogen and oxygen atoms in total. The van der Waals surface area contributed by atoms with Crippen molar-refractivity contribution in [2.45, 2.75) is 19.3 Å². The Labute approximate surface area is 140 Å². The molecule has 24 heavy (non-hydrogen) atoms. The van der Waals surface area contributed by atoms with Gasteiger partial charge in [-0.3, -0.25) is 9.78 Å². The minimum atomic E-state index is 0.0991. The number of nitrogens with zero attached hydrogens (tertiary/aromatic N) is 2. The summed E-state index contributed by atoms with van der Waals surface area (Å²) in [4.78, 5) is 20.8. The predicted molar refractivity (Wildman–Crippen MR) is 95.2 cm³/mol. The summed E-state index contributed by atoms with van der Waals surface area (Å²) in [6.45, 7) is 0. The zero-order valence-corrected chi connectivity index (χ0v) is 13.2. The van der Waals surface area contributed by atoms with E-state index in [0.29, 0.717) is 0 Å². The van der Waals surface area contributed by atoms with E-state index in [4.69, 9.17) is 0 Å². The topological polar surface area (TPSA) is 66.9 Å². The maximum atomic E-state index is 12.0. The van der Waals surface area contributed by atoms with Crippen molar-refractivity contribution in [3.8, 4) is 0 Å². The summed E-state index contributed by atoms with van der Waals surface area (Å²) in [5.74, 6) is 0.987. The average Bonchev–Trinajstić information content (AvgIpc) is 2.55. The molecule has 0 atom stereocenters. The number of nitrogens with one attached hydrogen (secondary N) is 2. The van der Waals surface area contributed by atoms with Gasteiger partial charge in [-0.15, -0.1) is 0 Å². The summed E-state index contributed by atoms with van der Waals surface area (Å²) in [6, 6.07) is 13.7. The normalized spacial score (nSPS) is 14.2. The molecule has 0 unspecified atom stereocenters. The van der Waals surface area contributed by atoms with Crippen LogP contribution >= 0.6 is 0 Å². The van der Waals surface area contributed by atoms with Crippen LogP contribution in [0.2, 0.25) is 0 Å².